The largest absolute Gasteiger partial charge is 0.497 e. The van der Waals surface area contributed by atoms with Gasteiger partial charge in [0, 0.05) is 6.07 Å². The molecule has 4 aromatic rings. The van der Waals surface area contributed by atoms with Crippen LogP contribution in [0.1, 0.15) is 0 Å². The molecule has 0 unspecified atom stereocenters. The molecule has 0 aliphatic rings. The summed E-state index contributed by atoms with van der Waals surface area (Å²) in [5, 5.41) is 11.2. The maximum Gasteiger partial charge on any atom is 0.234 e. The number of halogens is 2. The smallest absolute Gasteiger partial charge is 0.234 e. The number of rotatable bonds is 7. The Balaban J connectivity index is 1.57. The second-order valence-corrected chi connectivity index (χ2v) is 7.22. The Bertz CT molecular complexity index is 1190. The van der Waals surface area contributed by atoms with E-state index in [4.69, 9.17) is 9.15 Å². The molecule has 2 heterocycles. The van der Waals surface area contributed by atoms with Gasteiger partial charge in [0.1, 0.15) is 17.4 Å². The molecule has 158 valence electrons. The maximum atomic E-state index is 13.8. The maximum absolute atomic E-state index is 13.8. The number of methoxy groups -OCH3 is 1. The van der Waals surface area contributed by atoms with Crippen LogP contribution in [0.25, 0.3) is 17.3 Å². The highest BCUT2D eigenvalue weighted by molar-refractivity contribution is 7.99. The van der Waals surface area contributed by atoms with Gasteiger partial charge in [-0.15, -0.1) is 10.2 Å². The Hall–Kier alpha value is -3.66. The molecule has 4 rings (SSSR count). The summed E-state index contributed by atoms with van der Waals surface area (Å²) in [6.07, 6.45) is 1.53. The minimum Gasteiger partial charge on any atom is -0.497 e. The molecule has 2 aromatic carbocycles. The molecule has 0 spiro atoms. The number of carbonyl (C=O) groups excluding carboxylic acids is 1. The SMILES string of the molecule is COc1ccc(-n2c(SCC(=O)Nc3ccc(F)cc3F)nnc2-c2ccco2)cc1. The van der Waals surface area contributed by atoms with Crippen LogP contribution in [0.3, 0.4) is 0 Å². The Morgan fingerprint density at radius 1 is 1.16 bits per heavy atom. The molecule has 0 saturated heterocycles. The molecule has 0 aliphatic heterocycles. The Morgan fingerprint density at radius 2 is 1.97 bits per heavy atom. The molecule has 0 aliphatic carbocycles. The van der Waals surface area contributed by atoms with E-state index in [0.717, 1.165) is 23.5 Å². The zero-order chi connectivity index (χ0) is 21.8. The second-order valence-electron chi connectivity index (χ2n) is 6.28. The van der Waals surface area contributed by atoms with Gasteiger partial charge in [-0.25, -0.2) is 8.78 Å². The summed E-state index contributed by atoms with van der Waals surface area (Å²) < 4.78 is 39.2. The van der Waals surface area contributed by atoms with Crippen LogP contribution in [0.15, 0.2) is 70.4 Å². The predicted molar refractivity (Wildman–Crippen MR) is 111 cm³/mol. The van der Waals surface area contributed by atoms with E-state index >= 15 is 0 Å². The van der Waals surface area contributed by atoms with E-state index in [2.05, 4.69) is 15.5 Å². The molecule has 0 saturated carbocycles. The average molecular weight is 442 g/mol. The molecule has 31 heavy (non-hydrogen) atoms. The molecule has 0 bridgehead atoms. The van der Waals surface area contributed by atoms with Crippen molar-refractivity contribution < 1.29 is 22.7 Å². The van der Waals surface area contributed by atoms with Crippen LogP contribution in [-0.2, 0) is 4.79 Å². The van der Waals surface area contributed by atoms with E-state index in [0.29, 0.717) is 28.6 Å². The van der Waals surface area contributed by atoms with Crippen LogP contribution in [0.4, 0.5) is 14.5 Å². The third-order valence-electron chi connectivity index (χ3n) is 4.24. The number of benzene rings is 2. The van der Waals surface area contributed by atoms with E-state index in [9.17, 15) is 13.6 Å². The molecule has 1 amide bonds. The highest BCUT2D eigenvalue weighted by Crippen LogP contribution is 2.29. The van der Waals surface area contributed by atoms with Crippen molar-refractivity contribution in [3.05, 3.63) is 72.5 Å². The number of anilines is 1. The van der Waals surface area contributed by atoms with Crippen molar-refractivity contribution in [3.8, 4) is 23.0 Å². The van der Waals surface area contributed by atoms with Gasteiger partial charge in [0.2, 0.25) is 11.7 Å². The normalized spacial score (nSPS) is 10.8. The van der Waals surface area contributed by atoms with Gasteiger partial charge in [0.05, 0.1) is 30.5 Å². The van der Waals surface area contributed by atoms with Crippen LogP contribution in [0, 0.1) is 11.6 Å². The first-order chi connectivity index (χ1) is 15.0. The molecule has 1 N–H and O–H groups in total. The summed E-state index contributed by atoms with van der Waals surface area (Å²) in [5.41, 5.74) is 0.643. The molecular weight excluding hydrogens is 426 g/mol. The quantitative estimate of drug-likeness (QED) is 0.423. The zero-order valence-corrected chi connectivity index (χ0v) is 17.0. The summed E-state index contributed by atoms with van der Waals surface area (Å²) in [7, 11) is 1.58. The Kier molecular flexibility index (Phi) is 5.99. The fraction of sp³-hybridized carbons (Fsp3) is 0.0952. The van der Waals surface area contributed by atoms with E-state index in [1.165, 1.54) is 12.3 Å². The molecule has 0 atom stereocenters. The van der Waals surface area contributed by atoms with E-state index in [1.54, 1.807) is 35.9 Å². The fourth-order valence-electron chi connectivity index (χ4n) is 2.80. The second kappa shape index (κ2) is 9.00. The number of carbonyl (C=O) groups is 1. The van der Waals surface area contributed by atoms with Crippen molar-refractivity contribution >= 4 is 23.4 Å². The number of nitrogens with zero attached hydrogens (tertiary/aromatic N) is 3. The summed E-state index contributed by atoms with van der Waals surface area (Å²) >= 11 is 1.11. The Morgan fingerprint density at radius 3 is 2.65 bits per heavy atom. The highest BCUT2D eigenvalue weighted by Gasteiger charge is 2.19. The van der Waals surface area contributed by atoms with Crippen LogP contribution in [-0.4, -0.2) is 33.5 Å². The topological polar surface area (TPSA) is 82.2 Å². The lowest BCUT2D eigenvalue weighted by molar-refractivity contribution is -0.113. The summed E-state index contributed by atoms with van der Waals surface area (Å²) in [6, 6.07) is 13.7. The molecular formula is C21H16F2N4O3S. The third-order valence-corrected chi connectivity index (χ3v) is 5.17. The lowest BCUT2D eigenvalue weighted by Crippen LogP contribution is -2.15. The first-order valence-corrected chi connectivity index (χ1v) is 10.0. The monoisotopic (exact) mass is 442 g/mol. The lowest BCUT2D eigenvalue weighted by atomic mass is 10.3. The number of nitrogens with one attached hydrogen (secondary N) is 1. The van der Waals surface area contributed by atoms with Gasteiger partial charge in [-0.3, -0.25) is 9.36 Å². The Labute approximate surface area is 180 Å². The standard InChI is InChI=1S/C21H16F2N4O3S/c1-29-15-7-5-14(6-8-15)27-20(18-3-2-10-30-18)25-26-21(27)31-12-19(28)24-17-9-4-13(22)11-16(17)23/h2-11H,12H2,1H3,(H,24,28). The summed E-state index contributed by atoms with van der Waals surface area (Å²) in [5.74, 6) is -0.451. The molecule has 0 radical (unpaired) electrons. The van der Waals surface area contributed by atoms with Crippen molar-refractivity contribution in [2.24, 2.45) is 0 Å². The fourth-order valence-corrected chi connectivity index (χ4v) is 3.55. The van der Waals surface area contributed by atoms with E-state index in [-0.39, 0.29) is 11.4 Å². The van der Waals surface area contributed by atoms with E-state index < -0.39 is 17.5 Å². The van der Waals surface area contributed by atoms with Crippen LogP contribution >= 0.6 is 11.8 Å². The van der Waals surface area contributed by atoms with Gasteiger partial charge in [0.25, 0.3) is 0 Å². The number of amides is 1. The van der Waals surface area contributed by atoms with E-state index in [1.807, 2.05) is 12.1 Å². The van der Waals surface area contributed by atoms with Crippen molar-refractivity contribution in [1.29, 1.82) is 0 Å². The predicted octanol–water partition coefficient (Wildman–Crippen LogP) is 4.54. The highest BCUT2D eigenvalue weighted by atomic mass is 32.2. The lowest BCUT2D eigenvalue weighted by Gasteiger charge is -2.10. The van der Waals surface area contributed by atoms with Gasteiger partial charge in [0.15, 0.2) is 10.9 Å². The first kappa shape index (κ1) is 20.6. The van der Waals surface area contributed by atoms with Crippen molar-refractivity contribution in [3.63, 3.8) is 0 Å². The van der Waals surface area contributed by atoms with Crippen molar-refractivity contribution in [1.82, 2.24) is 14.8 Å². The molecule has 7 nitrogen and oxygen atoms in total. The average Bonchev–Trinajstić information content (AvgIpc) is 3.44. The number of hydrogen-bond donors (Lipinski definition) is 1. The third kappa shape index (κ3) is 4.58. The minimum absolute atomic E-state index is 0.0662. The first-order valence-electron chi connectivity index (χ1n) is 9.06. The van der Waals surface area contributed by atoms with Gasteiger partial charge < -0.3 is 14.5 Å². The van der Waals surface area contributed by atoms with Gasteiger partial charge in [-0.2, -0.15) is 0 Å². The molecule has 2 aromatic heterocycles. The summed E-state index contributed by atoms with van der Waals surface area (Å²) in [6.45, 7) is 0. The van der Waals surface area contributed by atoms with Gasteiger partial charge in [-0.05, 0) is 48.5 Å². The number of hydrogen-bond acceptors (Lipinski definition) is 6. The summed E-state index contributed by atoms with van der Waals surface area (Å²) in [4.78, 5) is 12.3. The minimum atomic E-state index is -0.847. The van der Waals surface area contributed by atoms with Crippen molar-refractivity contribution in [2.45, 2.75) is 5.16 Å². The zero-order valence-electron chi connectivity index (χ0n) is 16.2. The number of aromatic nitrogens is 3. The van der Waals surface area contributed by atoms with Crippen LogP contribution < -0.4 is 10.1 Å². The number of furan rings is 1. The van der Waals surface area contributed by atoms with Crippen LogP contribution in [0.5, 0.6) is 5.75 Å². The molecule has 0 fully saturated rings. The van der Waals surface area contributed by atoms with Crippen molar-refractivity contribution in [2.75, 3.05) is 18.2 Å². The van der Waals surface area contributed by atoms with Gasteiger partial charge in [-0.1, -0.05) is 11.8 Å². The van der Waals surface area contributed by atoms with Gasteiger partial charge >= 0.3 is 0 Å². The number of thioether (sulfide) groups is 1. The van der Waals surface area contributed by atoms with Crippen LogP contribution in [0.2, 0.25) is 0 Å². The molecule has 10 heteroatoms. The number of ether oxygens (including phenoxy) is 1.